The minimum atomic E-state index is -0.129. The predicted molar refractivity (Wildman–Crippen MR) is 108 cm³/mol. The molecular formula is C20H39N5O. The average Bonchev–Trinajstić information content (AvgIpc) is 3.17. The van der Waals surface area contributed by atoms with Gasteiger partial charge in [-0.3, -0.25) is 9.79 Å². The van der Waals surface area contributed by atoms with E-state index in [1.807, 2.05) is 7.05 Å². The number of nitrogens with two attached hydrogens (primary N) is 1. The molecule has 6 heteroatoms. The molecule has 4 N–H and O–H groups in total. The van der Waals surface area contributed by atoms with Gasteiger partial charge in [-0.05, 0) is 64.1 Å². The number of hydrogen-bond donors (Lipinski definition) is 3. The molecule has 1 amide bonds. The smallest absolute Gasteiger partial charge is 0.220 e. The van der Waals surface area contributed by atoms with Crippen molar-refractivity contribution >= 4 is 11.9 Å². The maximum absolute atomic E-state index is 11.2. The molecule has 0 aromatic heterocycles. The van der Waals surface area contributed by atoms with Crippen LogP contribution in [0.25, 0.3) is 0 Å². The molecule has 2 aliphatic rings. The number of hydrogen-bond acceptors (Lipinski definition) is 3. The molecular weight excluding hydrogens is 326 g/mol. The van der Waals surface area contributed by atoms with E-state index in [9.17, 15) is 4.79 Å². The van der Waals surface area contributed by atoms with Crippen LogP contribution in [-0.2, 0) is 4.79 Å². The first-order valence-electron chi connectivity index (χ1n) is 10.6. The van der Waals surface area contributed by atoms with Gasteiger partial charge in [0, 0.05) is 26.1 Å². The summed E-state index contributed by atoms with van der Waals surface area (Å²) >= 11 is 0. The molecule has 0 aromatic rings. The molecule has 26 heavy (non-hydrogen) atoms. The Morgan fingerprint density at radius 1 is 1.04 bits per heavy atom. The van der Waals surface area contributed by atoms with Crippen molar-refractivity contribution in [2.75, 3.05) is 39.8 Å². The van der Waals surface area contributed by atoms with E-state index in [-0.39, 0.29) is 11.8 Å². The summed E-state index contributed by atoms with van der Waals surface area (Å²) in [4.78, 5) is 18.0. The lowest BCUT2D eigenvalue weighted by Gasteiger charge is -2.30. The summed E-state index contributed by atoms with van der Waals surface area (Å²) in [6.45, 7) is 5.10. The molecule has 1 heterocycles. The maximum atomic E-state index is 11.2. The van der Waals surface area contributed by atoms with Gasteiger partial charge >= 0.3 is 0 Å². The summed E-state index contributed by atoms with van der Waals surface area (Å²) in [6, 6.07) is 0. The molecule has 0 radical (unpaired) electrons. The molecule has 0 bridgehead atoms. The van der Waals surface area contributed by atoms with Gasteiger partial charge in [-0.2, -0.15) is 0 Å². The zero-order chi connectivity index (χ0) is 18.6. The number of nitrogens with one attached hydrogen (secondary N) is 2. The van der Waals surface area contributed by atoms with E-state index >= 15 is 0 Å². The van der Waals surface area contributed by atoms with Crippen molar-refractivity contribution in [2.24, 2.45) is 22.6 Å². The SMILES string of the molecule is CN=C(NCCCCN1CCC(C(N)=O)CC1)NCCCC1CCCC1. The average molecular weight is 366 g/mol. The van der Waals surface area contributed by atoms with Gasteiger partial charge in [0.25, 0.3) is 0 Å². The highest BCUT2D eigenvalue weighted by molar-refractivity contribution is 5.79. The summed E-state index contributed by atoms with van der Waals surface area (Å²) in [7, 11) is 1.84. The van der Waals surface area contributed by atoms with Gasteiger partial charge in [-0.15, -0.1) is 0 Å². The number of unbranched alkanes of at least 4 members (excludes halogenated alkanes) is 1. The third kappa shape index (κ3) is 7.94. The van der Waals surface area contributed by atoms with Crippen molar-refractivity contribution in [1.29, 1.82) is 0 Å². The Bertz CT molecular complexity index is 426. The second-order valence-corrected chi connectivity index (χ2v) is 7.94. The van der Waals surface area contributed by atoms with Crippen molar-refractivity contribution in [1.82, 2.24) is 15.5 Å². The Morgan fingerprint density at radius 2 is 1.69 bits per heavy atom. The minimum Gasteiger partial charge on any atom is -0.369 e. The van der Waals surface area contributed by atoms with Gasteiger partial charge in [0.15, 0.2) is 5.96 Å². The van der Waals surface area contributed by atoms with Gasteiger partial charge in [0.05, 0.1) is 0 Å². The van der Waals surface area contributed by atoms with Gasteiger partial charge < -0.3 is 21.3 Å². The molecule has 0 spiro atoms. The molecule has 0 atom stereocenters. The molecule has 150 valence electrons. The van der Waals surface area contributed by atoms with Crippen molar-refractivity contribution in [3.63, 3.8) is 0 Å². The largest absolute Gasteiger partial charge is 0.369 e. The lowest BCUT2D eigenvalue weighted by Crippen LogP contribution is -2.40. The molecule has 1 aliphatic carbocycles. The highest BCUT2D eigenvalue weighted by atomic mass is 16.1. The van der Waals surface area contributed by atoms with E-state index in [1.54, 1.807) is 0 Å². The van der Waals surface area contributed by atoms with E-state index < -0.39 is 0 Å². The zero-order valence-corrected chi connectivity index (χ0v) is 16.6. The van der Waals surface area contributed by atoms with Crippen LogP contribution >= 0.6 is 0 Å². The fourth-order valence-electron chi connectivity index (χ4n) is 4.23. The fourth-order valence-corrected chi connectivity index (χ4v) is 4.23. The first-order chi connectivity index (χ1) is 12.7. The van der Waals surface area contributed by atoms with Crippen molar-refractivity contribution in [2.45, 2.75) is 64.2 Å². The third-order valence-electron chi connectivity index (χ3n) is 5.96. The summed E-state index contributed by atoms with van der Waals surface area (Å²) in [5, 5.41) is 6.85. The van der Waals surface area contributed by atoms with Gasteiger partial charge in [0.2, 0.25) is 5.91 Å². The quantitative estimate of drug-likeness (QED) is 0.314. The van der Waals surface area contributed by atoms with Crippen LogP contribution in [0.2, 0.25) is 0 Å². The van der Waals surface area contributed by atoms with Crippen molar-refractivity contribution < 1.29 is 4.79 Å². The second kappa shape index (κ2) is 12.2. The highest BCUT2D eigenvalue weighted by Crippen LogP contribution is 2.28. The Labute approximate surface area is 159 Å². The lowest BCUT2D eigenvalue weighted by atomic mass is 9.96. The van der Waals surface area contributed by atoms with Crippen LogP contribution in [0.4, 0.5) is 0 Å². The predicted octanol–water partition coefficient (Wildman–Crippen LogP) is 2.10. The maximum Gasteiger partial charge on any atom is 0.220 e. The summed E-state index contributed by atoms with van der Waals surface area (Å²) in [5.41, 5.74) is 5.39. The number of rotatable bonds is 10. The Morgan fingerprint density at radius 3 is 2.31 bits per heavy atom. The molecule has 0 unspecified atom stereocenters. The molecule has 0 aromatic carbocycles. The minimum absolute atomic E-state index is 0.0935. The van der Waals surface area contributed by atoms with Gasteiger partial charge in [0.1, 0.15) is 0 Å². The number of guanidine groups is 1. The van der Waals surface area contributed by atoms with Gasteiger partial charge in [-0.1, -0.05) is 25.7 Å². The number of carbonyl (C=O) groups is 1. The van der Waals surface area contributed by atoms with Crippen molar-refractivity contribution in [3.05, 3.63) is 0 Å². The van der Waals surface area contributed by atoms with Gasteiger partial charge in [-0.25, -0.2) is 0 Å². The number of primary amides is 1. The number of carbonyl (C=O) groups excluding carboxylic acids is 1. The summed E-state index contributed by atoms with van der Waals surface area (Å²) < 4.78 is 0. The summed E-state index contributed by atoms with van der Waals surface area (Å²) in [5.74, 6) is 1.87. The van der Waals surface area contributed by atoms with E-state index in [0.717, 1.165) is 63.9 Å². The molecule has 2 fully saturated rings. The number of piperidine rings is 1. The topological polar surface area (TPSA) is 82.8 Å². The van der Waals surface area contributed by atoms with E-state index in [4.69, 9.17) is 5.73 Å². The Hall–Kier alpha value is -1.30. The number of nitrogens with zero attached hydrogens (tertiary/aromatic N) is 2. The molecule has 2 rings (SSSR count). The monoisotopic (exact) mass is 365 g/mol. The first-order valence-corrected chi connectivity index (χ1v) is 10.6. The molecule has 1 saturated carbocycles. The van der Waals surface area contributed by atoms with Crippen LogP contribution in [0.15, 0.2) is 4.99 Å². The van der Waals surface area contributed by atoms with E-state index in [1.165, 1.54) is 44.9 Å². The number of aliphatic imine (C=N–C) groups is 1. The van der Waals surface area contributed by atoms with E-state index in [0.29, 0.717) is 0 Å². The lowest BCUT2D eigenvalue weighted by molar-refractivity contribution is -0.123. The van der Waals surface area contributed by atoms with Crippen LogP contribution in [-0.4, -0.2) is 56.5 Å². The standard InChI is InChI=1S/C20H39N5O/c1-22-20(24-13-6-9-17-7-2-3-8-17)23-12-4-5-14-25-15-10-18(11-16-25)19(21)26/h17-18H,2-16H2,1H3,(H2,21,26)(H2,22,23,24). The Kier molecular flexibility index (Phi) is 9.82. The number of amides is 1. The fraction of sp³-hybridized carbons (Fsp3) is 0.900. The van der Waals surface area contributed by atoms with Crippen LogP contribution in [0.3, 0.4) is 0 Å². The van der Waals surface area contributed by atoms with Crippen LogP contribution in [0.1, 0.15) is 64.2 Å². The normalized spacial score (nSPS) is 20.4. The van der Waals surface area contributed by atoms with E-state index in [2.05, 4.69) is 20.5 Å². The Balaban J connectivity index is 1.44. The van der Waals surface area contributed by atoms with Crippen molar-refractivity contribution in [3.8, 4) is 0 Å². The molecule has 1 saturated heterocycles. The highest BCUT2D eigenvalue weighted by Gasteiger charge is 2.22. The summed E-state index contributed by atoms with van der Waals surface area (Å²) in [6.07, 6.45) is 12.5. The van der Waals surface area contributed by atoms with Crippen LogP contribution < -0.4 is 16.4 Å². The second-order valence-electron chi connectivity index (χ2n) is 7.94. The number of likely N-dealkylation sites (tertiary alicyclic amines) is 1. The van der Waals surface area contributed by atoms with Crippen LogP contribution in [0.5, 0.6) is 0 Å². The third-order valence-corrected chi connectivity index (χ3v) is 5.96. The first kappa shape index (κ1) is 21.0. The molecule has 1 aliphatic heterocycles. The zero-order valence-electron chi connectivity index (χ0n) is 16.6. The van der Waals surface area contributed by atoms with Crippen LogP contribution in [0, 0.1) is 11.8 Å². The molecule has 6 nitrogen and oxygen atoms in total.